The third kappa shape index (κ3) is 6.67. The molecule has 2 rings (SSSR count). The van der Waals surface area contributed by atoms with Crippen molar-refractivity contribution in [3.8, 4) is 0 Å². The molecule has 0 saturated heterocycles. The van der Waals surface area contributed by atoms with Crippen LogP contribution in [-0.4, -0.2) is 37.0 Å². The third-order valence-electron chi connectivity index (χ3n) is 3.98. The van der Waals surface area contributed by atoms with Crippen molar-refractivity contribution in [1.82, 2.24) is 15.5 Å². The highest BCUT2D eigenvalue weighted by Crippen LogP contribution is 2.02. The van der Waals surface area contributed by atoms with E-state index in [9.17, 15) is 9.59 Å². The first-order valence-corrected chi connectivity index (χ1v) is 8.40. The summed E-state index contributed by atoms with van der Waals surface area (Å²) < 4.78 is 0. The summed E-state index contributed by atoms with van der Waals surface area (Å²) in [5.74, 6) is -0.110. The molecule has 2 aromatic rings. The smallest absolute Gasteiger partial charge is 0.315 e. The minimum Gasteiger partial charge on any atom is -0.344 e. The van der Waals surface area contributed by atoms with E-state index in [1.165, 1.54) is 11.1 Å². The van der Waals surface area contributed by atoms with E-state index in [1.54, 1.807) is 11.9 Å². The summed E-state index contributed by atoms with van der Waals surface area (Å²) in [5.41, 5.74) is 3.38. The van der Waals surface area contributed by atoms with E-state index >= 15 is 0 Å². The molecule has 0 fully saturated rings. The highest BCUT2D eigenvalue weighted by molar-refractivity contribution is 5.83. The molecule has 0 saturated carbocycles. The van der Waals surface area contributed by atoms with Gasteiger partial charge in [-0.3, -0.25) is 4.79 Å². The largest absolute Gasteiger partial charge is 0.344 e. The van der Waals surface area contributed by atoms with E-state index in [0.717, 1.165) is 12.0 Å². The summed E-state index contributed by atoms with van der Waals surface area (Å²) in [6, 6.07) is 17.6. The molecule has 0 aliphatic carbocycles. The Hall–Kier alpha value is -2.82. The minimum atomic E-state index is -0.342. The molecule has 0 aromatic heterocycles. The van der Waals surface area contributed by atoms with Crippen molar-refractivity contribution in [2.24, 2.45) is 0 Å². The van der Waals surface area contributed by atoms with E-state index in [-0.39, 0.29) is 18.5 Å². The molecule has 0 heterocycles. The Labute approximate surface area is 149 Å². The lowest BCUT2D eigenvalue weighted by Gasteiger charge is -2.17. The van der Waals surface area contributed by atoms with Crippen molar-refractivity contribution in [3.05, 3.63) is 71.3 Å². The van der Waals surface area contributed by atoms with Gasteiger partial charge in [-0.2, -0.15) is 0 Å². The molecule has 0 spiro atoms. The first kappa shape index (κ1) is 18.5. The second-order valence-electron chi connectivity index (χ2n) is 6.07. The van der Waals surface area contributed by atoms with Crippen LogP contribution in [0.15, 0.2) is 54.6 Å². The van der Waals surface area contributed by atoms with Crippen molar-refractivity contribution < 1.29 is 9.59 Å². The van der Waals surface area contributed by atoms with Crippen LogP contribution in [0.4, 0.5) is 4.79 Å². The normalized spacial score (nSPS) is 10.2. The van der Waals surface area contributed by atoms with E-state index in [0.29, 0.717) is 13.1 Å². The van der Waals surface area contributed by atoms with Gasteiger partial charge in [0, 0.05) is 20.1 Å². The first-order chi connectivity index (χ1) is 12.0. The van der Waals surface area contributed by atoms with Gasteiger partial charge in [0.1, 0.15) is 0 Å². The number of urea groups is 1. The Balaban J connectivity index is 1.66. The lowest BCUT2D eigenvalue weighted by atomic mass is 10.1. The van der Waals surface area contributed by atoms with Gasteiger partial charge in [-0.05, 0) is 24.5 Å². The molecule has 5 heteroatoms. The Morgan fingerprint density at radius 3 is 2.28 bits per heavy atom. The van der Waals surface area contributed by atoms with Crippen LogP contribution in [-0.2, 0) is 17.8 Å². The molecule has 2 aromatic carbocycles. The van der Waals surface area contributed by atoms with Crippen LogP contribution in [0.25, 0.3) is 0 Å². The average molecular weight is 339 g/mol. The number of nitrogens with zero attached hydrogens (tertiary/aromatic N) is 1. The van der Waals surface area contributed by atoms with Gasteiger partial charge in [0.25, 0.3) is 0 Å². The molecule has 25 heavy (non-hydrogen) atoms. The zero-order valence-electron chi connectivity index (χ0n) is 14.8. The maximum Gasteiger partial charge on any atom is 0.315 e. The molecule has 132 valence electrons. The Bertz CT molecular complexity index is 684. The van der Waals surface area contributed by atoms with Crippen LogP contribution in [0.1, 0.15) is 16.7 Å². The van der Waals surface area contributed by atoms with Crippen LogP contribution in [0, 0.1) is 6.92 Å². The molecule has 2 N–H and O–H groups in total. The van der Waals surface area contributed by atoms with Gasteiger partial charge < -0.3 is 15.5 Å². The summed E-state index contributed by atoms with van der Waals surface area (Å²) in [5, 5.41) is 5.35. The summed E-state index contributed by atoms with van der Waals surface area (Å²) in [4.78, 5) is 25.5. The number of nitrogens with one attached hydrogen (secondary N) is 2. The quantitative estimate of drug-likeness (QED) is 0.814. The number of rotatable bonds is 7. The highest BCUT2D eigenvalue weighted by Gasteiger charge is 2.10. The standard InChI is InChI=1S/C20H25N3O2/c1-16-8-10-18(11-9-16)14-21-20(25)22-15-19(24)23(2)13-12-17-6-4-3-5-7-17/h3-11H,12-15H2,1-2H3,(H2,21,22,25). The van der Waals surface area contributed by atoms with Crippen molar-refractivity contribution in [2.75, 3.05) is 20.1 Å². The van der Waals surface area contributed by atoms with E-state index in [4.69, 9.17) is 0 Å². The molecule has 0 radical (unpaired) electrons. The second kappa shape index (κ2) is 9.47. The summed E-state index contributed by atoms with van der Waals surface area (Å²) in [6.07, 6.45) is 0.794. The van der Waals surface area contributed by atoms with Gasteiger partial charge in [0.05, 0.1) is 6.54 Å². The van der Waals surface area contributed by atoms with Crippen LogP contribution in [0.3, 0.4) is 0 Å². The fraction of sp³-hybridized carbons (Fsp3) is 0.300. The maximum atomic E-state index is 12.1. The van der Waals surface area contributed by atoms with Gasteiger partial charge in [-0.15, -0.1) is 0 Å². The van der Waals surface area contributed by atoms with Crippen LogP contribution >= 0.6 is 0 Å². The number of benzene rings is 2. The fourth-order valence-corrected chi connectivity index (χ4v) is 2.31. The number of hydrogen-bond donors (Lipinski definition) is 2. The van der Waals surface area contributed by atoms with Crippen LogP contribution in [0.5, 0.6) is 0 Å². The lowest BCUT2D eigenvalue weighted by Crippen LogP contribution is -2.42. The molecular weight excluding hydrogens is 314 g/mol. The van der Waals surface area contributed by atoms with Crippen molar-refractivity contribution in [3.63, 3.8) is 0 Å². The lowest BCUT2D eigenvalue weighted by molar-refractivity contribution is -0.128. The molecule has 3 amide bonds. The van der Waals surface area contributed by atoms with E-state index < -0.39 is 0 Å². The highest BCUT2D eigenvalue weighted by atomic mass is 16.2. The van der Waals surface area contributed by atoms with Crippen molar-refractivity contribution in [2.45, 2.75) is 19.9 Å². The number of carbonyl (C=O) groups is 2. The van der Waals surface area contributed by atoms with Gasteiger partial charge in [0.2, 0.25) is 5.91 Å². The van der Waals surface area contributed by atoms with Crippen molar-refractivity contribution in [1.29, 1.82) is 0 Å². The number of likely N-dealkylation sites (N-methyl/N-ethyl adjacent to an activating group) is 1. The second-order valence-corrected chi connectivity index (χ2v) is 6.07. The fourth-order valence-electron chi connectivity index (χ4n) is 2.31. The topological polar surface area (TPSA) is 61.4 Å². The molecule has 0 unspecified atom stereocenters. The Morgan fingerprint density at radius 2 is 1.60 bits per heavy atom. The molecule has 0 bridgehead atoms. The number of aryl methyl sites for hydroxylation is 1. The summed E-state index contributed by atoms with van der Waals surface area (Å²) in [6.45, 7) is 3.06. The van der Waals surface area contributed by atoms with Gasteiger partial charge in [0.15, 0.2) is 0 Å². The molecule has 5 nitrogen and oxygen atoms in total. The predicted octanol–water partition coefficient (Wildman–Crippen LogP) is 2.50. The molecule has 0 aliphatic heterocycles. The molecule has 0 aliphatic rings. The zero-order valence-corrected chi connectivity index (χ0v) is 14.8. The third-order valence-corrected chi connectivity index (χ3v) is 3.98. The predicted molar refractivity (Wildman–Crippen MR) is 99.2 cm³/mol. The van der Waals surface area contributed by atoms with Gasteiger partial charge >= 0.3 is 6.03 Å². The van der Waals surface area contributed by atoms with Crippen LogP contribution < -0.4 is 10.6 Å². The average Bonchev–Trinajstić information content (AvgIpc) is 2.64. The molecular formula is C20H25N3O2. The molecule has 0 atom stereocenters. The first-order valence-electron chi connectivity index (χ1n) is 8.40. The Kier molecular flexibility index (Phi) is 7.01. The van der Waals surface area contributed by atoms with Crippen LogP contribution in [0.2, 0.25) is 0 Å². The number of amides is 3. The van der Waals surface area contributed by atoms with Gasteiger partial charge in [-0.1, -0.05) is 60.2 Å². The van der Waals surface area contributed by atoms with Crippen molar-refractivity contribution >= 4 is 11.9 Å². The van der Waals surface area contributed by atoms with Gasteiger partial charge in [-0.25, -0.2) is 4.79 Å². The SMILES string of the molecule is Cc1ccc(CNC(=O)NCC(=O)N(C)CCc2ccccc2)cc1. The zero-order chi connectivity index (χ0) is 18.1. The number of hydrogen-bond acceptors (Lipinski definition) is 2. The van der Waals surface area contributed by atoms with E-state index in [2.05, 4.69) is 10.6 Å². The minimum absolute atomic E-state index is 0.00891. The Morgan fingerprint density at radius 1 is 0.920 bits per heavy atom. The maximum absolute atomic E-state index is 12.1. The summed E-state index contributed by atoms with van der Waals surface area (Å²) in [7, 11) is 1.75. The summed E-state index contributed by atoms with van der Waals surface area (Å²) >= 11 is 0. The monoisotopic (exact) mass is 339 g/mol. The number of carbonyl (C=O) groups excluding carboxylic acids is 2. The van der Waals surface area contributed by atoms with E-state index in [1.807, 2.05) is 61.5 Å².